The van der Waals surface area contributed by atoms with Crippen LogP contribution in [0, 0.1) is 11.7 Å². The van der Waals surface area contributed by atoms with Crippen molar-refractivity contribution in [3.8, 4) is 0 Å². The molecule has 0 saturated carbocycles. The van der Waals surface area contributed by atoms with Gasteiger partial charge in [-0.15, -0.1) is 0 Å². The number of hydrogen-bond acceptors (Lipinski definition) is 3. The van der Waals surface area contributed by atoms with Crippen LogP contribution >= 0.6 is 0 Å². The van der Waals surface area contributed by atoms with E-state index in [9.17, 15) is 14.0 Å². The summed E-state index contributed by atoms with van der Waals surface area (Å²) in [4.78, 5) is 24.5. The number of carbonyl (C=O) groups is 2. The summed E-state index contributed by atoms with van der Waals surface area (Å²) in [6.07, 6.45) is 1.60. The third-order valence-electron chi connectivity index (χ3n) is 3.33. The van der Waals surface area contributed by atoms with Crippen LogP contribution in [0.2, 0.25) is 0 Å². The molecule has 24 heavy (non-hydrogen) atoms. The first-order valence-electron chi connectivity index (χ1n) is 7.83. The Hall–Kier alpha value is -2.70. The van der Waals surface area contributed by atoms with Gasteiger partial charge in [0, 0.05) is 24.8 Å². The zero-order valence-electron chi connectivity index (χ0n) is 14.0. The minimum Gasteiger partial charge on any atom is -0.350 e. The first-order chi connectivity index (χ1) is 11.4. The van der Waals surface area contributed by atoms with Crippen molar-refractivity contribution >= 4 is 17.5 Å². The highest BCUT2D eigenvalue weighted by atomic mass is 19.1. The average Bonchev–Trinajstić information content (AvgIpc) is 2.96. The summed E-state index contributed by atoms with van der Waals surface area (Å²) in [5.74, 6) is -0.882. The first kappa shape index (κ1) is 17.7. The van der Waals surface area contributed by atoms with E-state index in [2.05, 4.69) is 15.7 Å². The van der Waals surface area contributed by atoms with E-state index >= 15 is 0 Å². The highest BCUT2D eigenvalue weighted by Crippen LogP contribution is 2.16. The maximum atomic E-state index is 12.9. The van der Waals surface area contributed by atoms with Crippen molar-refractivity contribution in [3.05, 3.63) is 47.5 Å². The topological polar surface area (TPSA) is 76.0 Å². The van der Waals surface area contributed by atoms with Crippen LogP contribution in [0.15, 0.2) is 30.5 Å². The van der Waals surface area contributed by atoms with Crippen LogP contribution < -0.4 is 10.6 Å². The Morgan fingerprint density at radius 2 is 1.88 bits per heavy atom. The van der Waals surface area contributed by atoms with E-state index in [0.717, 1.165) is 0 Å². The molecule has 0 aliphatic rings. The quantitative estimate of drug-likeness (QED) is 0.854. The minimum absolute atomic E-state index is 0.160. The Labute approximate surface area is 140 Å². The average molecular weight is 332 g/mol. The number of nitrogens with zero attached hydrogens (tertiary/aromatic N) is 2. The number of hydrogen-bond donors (Lipinski definition) is 2. The van der Waals surface area contributed by atoms with Gasteiger partial charge in [-0.1, -0.05) is 13.8 Å². The largest absolute Gasteiger partial charge is 0.350 e. The zero-order chi connectivity index (χ0) is 17.7. The van der Waals surface area contributed by atoms with E-state index in [1.165, 1.54) is 24.3 Å². The standard InChI is InChI=1S/C17H21FN4O2/c1-4-22-10-14(15(21-22)17(24)19-9-11(2)3)20-16(23)12-5-7-13(18)8-6-12/h5-8,10-11H,4,9H2,1-3H3,(H,19,24)(H,20,23). The van der Waals surface area contributed by atoms with Crippen LogP contribution in [-0.2, 0) is 6.54 Å². The third kappa shape index (κ3) is 4.41. The fraction of sp³-hybridized carbons (Fsp3) is 0.353. The lowest BCUT2D eigenvalue weighted by molar-refractivity contribution is 0.0944. The minimum atomic E-state index is -0.427. The number of nitrogens with one attached hydrogen (secondary N) is 2. The molecule has 0 bridgehead atoms. The molecule has 6 nitrogen and oxygen atoms in total. The summed E-state index contributed by atoms with van der Waals surface area (Å²) < 4.78 is 14.5. The number of rotatable bonds is 6. The molecule has 0 aliphatic heterocycles. The Morgan fingerprint density at radius 1 is 1.21 bits per heavy atom. The van der Waals surface area contributed by atoms with Gasteiger partial charge in [0.25, 0.3) is 11.8 Å². The van der Waals surface area contributed by atoms with Gasteiger partial charge in [-0.05, 0) is 37.1 Å². The molecule has 0 fully saturated rings. The van der Waals surface area contributed by atoms with Gasteiger partial charge >= 0.3 is 0 Å². The molecule has 0 saturated heterocycles. The number of carbonyl (C=O) groups excluding carboxylic acids is 2. The van der Waals surface area contributed by atoms with Gasteiger partial charge in [0.2, 0.25) is 0 Å². The fourth-order valence-corrected chi connectivity index (χ4v) is 2.02. The molecule has 7 heteroatoms. The molecule has 2 N–H and O–H groups in total. The second kappa shape index (κ2) is 7.72. The predicted octanol–water partition coefficient (Wildman–Crippen LogP) is 2.68. The summed E-state index contributed by atoms with van der Waals surface area (Å²) in [5.41, 5.74) is 0.787. The zero-order valence-corrected chi connectivity index (χ0v) is 14.0. The smallest absolute Gasteiger partial charge is 0.273 e. The molecule has 1 aromatic carbocycles. The number of benzene rings is 1. The summed E-state index contributed by atoms with van der Waals surface area (Å²) in [5, 5.41) is 9.64. The molecule has 0 atom stereocenters. The van der Waals surface area contributed by atoms with E-state index in [-0.39, 0.29) is 11.6 Å². The summed E-state index contributed by atoms with van der Waals surface area (Å²) in [6, 6.07) is 5.18. The summed E-state index contributed by atoms with van der Waals surface area (Å²) >= 11 is 0. The molecule has 2 aromatic rings. The highest BCUT2D eigenvalue weighted by Gasteiger charge is 2.19. The lowest BCUT2D eigenvalue weighted by Crippen LogP contribution is -2.28. The van der Waals surface area contributed by atoms with Gasteiger partial charge in [-0.3, -0.25) is 14.3 Å². The van der Waals surface area contributed by atoms with Crippen molar-refractivity contribution in [2.75, 3.05) is 11.9 Å². The first-order valence-corrected chi connectivity index (χ1v) is 7.83. The molecule has 1 heterocycles. The number of anilines is 1. The van der Waals surface area contributed by atoms with Crippen molar-refractivity contribution in [1.82, 2.24) is 15.1 Å². The van der Waals surface area contributed by atoms with Gasteiger partial charge in [0.05, 0.1) is 5.69 Å². The Morgan fingerprint density at radius 3 is 2.46 bits per heavy atom. The highest BCUT2D eigenvalue weighted by molar-refractivity contribution is 6.08. The molecule has 0 unspecified atom stereocenters. The molecular formula is C17H21FN4O2. The number of amides is 2. The molecule has 0 radical (unpaired) electrons. The maximum Gasteiger partial charge on any atom is 0.273 e. The molecule has 128 valence electrons. The molecule has 2 rings (SSSR count). The maximum absolute atomic E-state index is 12.9. The molecule has 0 aliphatic carbocycles. The second-order valence-corrected chi connectivity index (χ2v) is 5.81. The lowest BCUT2D eigenvalue weighted by Gasteiger charge is -2.08. The van der Waals surface area contributed by atoms with Crippen LogP contribution in [0.1, 0.15) is 41.6 Å². The number of aromatic nitrogens is 2. The van der Waals surface area contributed by atoms with Gasteiger partial charge in [0.1, 0.15) is 5.82 Å². The third-order valence-corrected chi connectivity index (χ3v) is 3.33. The SMILES string of the molecule is CCn1cc(NC(=O)c2ccc(F)cc2)c(C(=O)NCC(C)C)n1. The van der Waals surface area contributed by atoms with E-state index in [1.807, 2.05) is 20.8 Å². The normalized spacial score (nSPS) is 10.7. The molecular weight excluding hydrogens is 311 g/mol. The van der Waals surface area contributed by atoms with Crippen LogP contribution in [-0.4, -0.2) is 28.1 Å². The van der Waals surface area contributed by atoms with Crippen LogP contribution in [0.25, 0.3) is 0 Å². The Bertz CT molecular complexity index is 723. The van der Waals surface area contributed by atoms with Gasteiger partial charge < -0.3 is 10.6 Å². The van der Waals surface area contributed by atoms with Crippen LogP contribution in [0.4, 0.5) is 10.1 Å². The van der Waals surface area contributed by atoms with E-state index in [4.69, 9.17) is 0 Å². The Balaban J connectivity index is 2.19. The van der Waals surface area contributed by atoms with Crippen molar-refractivity contribution < 1.29 is 14.0 Å². The predicted molar refractivity (Wildman–Crippen MR) is 89.4 cm³/mol. The van der Waals surface area contributed by atoms with Crippen molar-refractivity contribution in [2.45, 2.75) is 27.3 Å². The van der Waals surface area contributed by atoms with E-state index < -0.39 is 11.7 Å². The molecule has 1 aromatic heterocycles. The van der Waals surface area contributed by atoms with Crippen molar-refractivity contribution in [2.24, 2.45) is 5.92 Å². The van der Waals surface area contributed by atoms with Crippen LogP contribution in [0.3, 0.4) is 0 Å². The molecule has 0 spiro atoms. The van der Waals surface area contributed by atoms with Gasteiger partial charge in [-0.2, -0.15) is 5.10 Å². The van der Waals surface area contributed by atoms with E-state index in [1.54, 1.807) is 10.9 Å². The van der Waals surface area contributed by atoms with Crippen molar-refractivity contribution in [1.29, 1.82) is 0 Å². The number of aryl methyl sites for hydroxylation is 1. The monoisotopic (exact) mass is 332 g/mol. The molecule has 2 amide bonds. The van der Waals surface area contributed by atoms with Gasteiger partial charge in [-0.25, -0.2) is 4.39 Å². The summed E-state index contributed by atoms with van der Waals surface area (Å²) in [6.45, 7) is 6.94. The number of halogens is 1. The summed E-state index contributed by atoms with van der Waals surface area (Å²) in [7, 11) is 0. The van der Waals surface area contributed by atoms with E-state index in [0.29, 0.717) is 30.3 Å². The lowest BCUT2D eigenvalue weighted by atomic mass is 10.2. The van der Waals surface area contributed by atoms with Crippen LogP contribution in [0.5, 0.6) is 0 Å². The second-order valence-electron chi connectivity index (χ2n) is 5.81. The van der Waals surface area contributed by atoms with Crippen molar-refractivity contribution in [3.63, 3.8) is 0 Å². The fourth-order valence-electron chi connectivity index (χ4n) is 2.02. The Kier molecular flexibility index (Phi) is 5.68. The van der Waals surface area contributed by atoms with Gasteiger partial charge in [0.15, 0.2) is 5.69 Å².